The van der Waals surface area contributed by atoms with E-state index >= 15 is 0 Å². The van der Waals surface area contributed by atoms with E-state index in [4.69, 9.17) is 0 Å². The van der Waals surface area contributed by atoms with E-state index in [9.17, 15) is 4.79 Å². The molecule has 2 saturated heterocycles. The van der Waals surface area contributed by atoms with E-state index in [1.54, 1.807) is 0 Å². The van der Waals surface area contributed by atoms with Crippen LogP contribution in [-0.2, 0) is 11.3 Å². The largest absolute Gasteiger partial charge is 0.342 e. The number of carbonyl (C=O) groups excluding carboxylic acids is 1. The first kappa shape index (κ1) is 17.0. The van der Waals surface area contributed by atoms with Gasteiger partial charge in [-0.05, 0) is 56.7 Å². The van der Waals surface area contributed by atoms with Crippen molar-refractivity contribution < 1.29 is 4.79 Å². The zero-order chi connectivity index (χ0) is 17.1. The molecule has 1 amide bonds. The third kappa shape index (κ3) is 3.74. The van der Waals surface area contributed by atoms with Crippen LogP contribution in [0.4, 0.5) is 0 Å². The lowest BCUT2D eigenvalue weighted by atomic mass is 9.77. The molecule has 1 aromatic rings. The maximum Gasteiger partial charge on any atom is 0.230 e. The first-order valence-electron chi connectivity index (χ1n) is 10.2. The number of aromatic nitrogens is 1. The van der Waals surface area contributed by atoms with Crippen molar-refractivity contribution in [3.8, 4) is 0 Å². The molecule has 1 atom stereocenters. The molecule has 1 unspecified atom stereocenters. The Balaban J connectivity index is 1.38. The summed E-state index contributed by atoms with van der Waals surface area (Å²) in [6.45, 7) is 4.82. The first-order chi connectivity index (χ1) is 12.3. The monoisotopic (exact) mass is 341 g/mol. The highest BCUT2D eigenvalue weighted by atomic mass is 16.2. The summed E-state index contributed by atoms with van der Waals surface area (Å²) in [5, 5.41) is 0. The van der Waals surface area contributed by atoms with Crippen molar-refractivity contribution in [2.45, 2.75) is 57.9 Å². The lowest BCUT2D eigenvalue weighted by molar-refractivity contribution is -0.146. The second-order valence-electron chi connectivity index (χ2n) is 8.42. The highest BCUT2D eigenvalue weighted by molar-refractivity contribution is 5.84. The molecule has 1 aliphatic carbocycles. The molecule has 3 fully saturated rings. The van der Waals surface area contributed by atoms with Crippen LogP contribution >= 0.6 is 0 Å². The minimum atomic E-state index is -0.109. The molecule has 4 rings (SSSR count). The molecule has 1 saturated carbocycles. The van der Waals surface area contributed by atoms with Gasteiger partial charge in [0.15, 0.2) is 0 Å². The van der Waals surface area contributed by atoms with Crippen molar-refractivity contribution in [2.75, 3.05) is 26.2 Å². The lowest BCUT2D eigenvalue weighted by Crippen LogP contribution is -2.51. The fourth-order valence-corrected chi connectivity index (χ4v) is 5.20. The van der Waals surface area contributed by atoms with Gasteiger partial charge >= 0.3 is 0 Å². The van der Waals surface area contributed by atoms with Crippen molar-refractivity contribution in [3.63, 3.8) is 0 Å². The number of carbonyl (C=O) groups is 1. The number of hydrogen-bond acceptors (Lipinski definition) is 3. The van der Waals surface area contributed by atoms with Crippen molar-refractivity contribution in [2.24, 2.45) is 11.3 Å². The van der Waals surface area contributed by atoms with Gasteiger partial charge in [-0.1, -0.05) is 25.3 Å². The van der Waals surface area contributed by atoms with E-state index in [-0.39, 0.29) is 5.41 Å². The quantitative estimate of drug-likeness (QED) is 0.841. The smallest absolute Gasteiger partial charge is 0.230 e. The Morgan fingerprint density at radius 3 is 2.76 bits per heavy atom. The minimum absolute atomic E-state index is 0.109. The zero-order valence-electron chi connectivity index (χ0n) is 15.3. The molecular formula is C21H31N3O. The number of likely N-dealkylation sites (tertiary alicyclic amines) is 2. The number of pyridine rings is 1. The van der Waals surface area contributed by atoms with Gasteiger partial charge < -0.3 is 4.90 Å². The van der Waals surface area contributed by atoms with Crippen LogP contribution in [0.1, 0.15) is 57.1 Å². The van der Waals surface area contributed by atoms with Crippen LogP contribution < -0.4 is 0 Å². The topological polar surface area (TPSA) is 36.4 Å². The van der Waals surface area contributed by atoms with E-state index < -0.39 is 0 Å². The van der Waals surface area contributed by atoms with Gasteiger partial charge in [-0.25, -0.2) is 0 Å². The Bertz CT molecular complexity index is 584. The fraction of sp³-hybridized carbons (Fsp3) is 0.714. The van der Waals surface area contributed by atoms with Gasteiger partial charge in [0.05, 0.1) is 11.1 Å². The molecular weight excluding hydrogens is 310 g/mol. The highest BCUT2D eigenvalue weighted by Gasteiger charge is 2.48. The van der Waals surface area contributed by atoms with Gasteiger partial charge in [0.1, 0.15) is 0 Å². The summed E-state index contributed by atoms with van der Waals surface area (Å²) >= 11 is 0. The summed E-state index contributed by atoms with van der Waals surface area (Å²) in [4.78, 5) is 22.4. The van der Waals surface area contributed by atoms with Gasteiger partial charge in [-0.3, -0.25) is 14.7 Å². The maximum absolute atomic E-state index is 13.3. The number of hydrogen-bond donors (Lipinski definition) is 0. The lowest BCUT2D eigenvalue weighted by Gasteiger charge is -2.41. The average molecular weight is 341 g/mol. The van der Waals surface area contributed by atoms with E-state index in [2.05, 4.69) is 20.9 Å². The highest BCUT2D eigenvalue weighted by Crippen LogP contribution is 2.41. The van der Waals surface area contributed by atoms with E-state index in [0.29, 0.717) is 5.91 Å². The van der Waals surface area contributed by atoms with Gasteiger partial charge in [-0.2, -0.15) is 0 Å². The number of nitrogens with zero attached hydrogens (tertiary/aromatic N) is 3. The normalized spacial score (nSPS) is 28.8. The summed E-state index contributed by atoms with van der Waals surface area (Å²) in [6, 6.07) is 6.09. The molecule has 3 heterocycles. The Morgan fingerprint density at radius 1 is 1.08 bits per heavy atom. The van der Waals surface area contributed by atoms with Crippen LogP contribution in [0.25, 0.3) is 0 Å². The predicted octanol–water partition coefficient (Wildman–Crippen LogP) is 3.48. The van der Waals surface area contributed by atoms with Gasteiger partial charge in [0, 0.05) is 32.4 Å². The molecule has 4 heteroatoms. The second-order valence-corrected chi connectivity index (χ2v) is 8.42. The third-order valence-corrected chi connectivity index (χ3v) is 6.57. The van der Waals surface area contributed by atoms with E-state index in [1.807, 2.05) is 18.3 Å². The number of rotatable bonds is 4. The summed E-state index contributed by atoms with van der Waals surface area (Å²) < 4.78 is 0. The Hall–Kier alpha value is -1.42. The average Bonchev–Trinajstić information content (AvgIpc) is 3.04. The summed E-state index contributed by atoms with van der Waals surface area (Å²) in [5.74, 6) is 1.20. The fourth-order valence-electron chi connectivity index (χ4n) is 5.20. The zero-order valence-corrected chi connectivity index (χ0v) is 15.3. The number of amides is 1. The molecule has 25 heavy (non-hydrogen) atoms. The number of piperidine rings is 1. The second kappa shape index (κ2) is 7.45. The molecule has 1 aromatic heterocycles. The van der Waals surface area contributed by atoms with Crippen LogP contribution in [-0.4, -0.2) is 46.9 Å². The first-order valence-corrected chi connectivity index (χ1v) is 10.2. The summed E-state index contributed by atoms with van der Waals surface area (Å²) in [7, 11) is 0. The van der Waals surface area contributed by atoms with Gasteiger partial charge in [0.25, 0.3) is 0 Å². The van der Waals surface area contributed by atoms with Crippen LogP contribution in [0.3, 0.4) is 0 Å². The standard InChI is InChI=1S/C21H31N3O/c25-20-21(10-6-13-24(20)15-18-7-2-1-3-8-18)11-14-23(17-21)16-19-9-4-5-12-22-19/h4-5,9,12,18H,1-3,6-8,10-11,13-17H2. The molecule has 3 aliphatic rings. The van der Waals surface area contributed by atoms with Gasteiger partial charge in [0.2, 0.25) is 5.91 Å². The van der Waals surface area contributed by atoms with Gasteiger partial charge in [-0.15, -0.1) is 0 Å². The molecule has 0 aromatic carbocycles. The third-order valence-electron chi connectivity index (χ3n) is 6.57. The van der Waals surface area contributed by atoms with Crippen molar-refractivity contribution in [1.29, 1.82) is 0 Å². The predicted molar refractivity (Wildman–Crippen MR) is 99.0 cm³/mol. The van der Waals surface area contributed by atoms with Crippen molar-refractivity contribution in [1.82, 2.24) is 14.8 Å². The van der Waals surface area contributed by atoms with Crippen molar-refractivity contribution >= 4 is 5.91 Å². The Kier molecular flexibility index (Phi) is 5.07. The molecule has 1 spiro atoms. The molecule has 2 aliphatic heterocycles. The Labute approximate surface area is 151 Å². The van der Waals surface area contributed by atoms with Crippen molar-refractivity contribution in [3.05, 3.63) is 30.1 Å². The summed E-state index contributed by atoms with van der Waals surface area (Å²) in [5.41, 5.74) is 1.00. The van der Waals surface area contributed by atoms with E-state index in [1.165, 1.54) is 38.5 Å². The van der Waals surface area contributed by atoms with Crippen LogP contribution in [0.5, 0.6) is 0 Å². The molecule has 0 radical (unpaired) electrons. The van der Waals surface area contributed by atoms with Crippen LogP contribution in [0, 0.1) is 11.3 Å². The van der Waals surface area contributed by atoms with Crippen LogP contribution in [0.2, 0.25) is 0 Å². The SMILES string of the molecule is O=C1N(CC2CCCCC2)CCCC12CCN(Cc1ccccn1)C2. The Morgan fingerprint density at radius 2 is 1.96 bits per heavy atom. The van der Waals surface area contributed by atoms with Crippen LogP contribution in [0.15, 0.2) is 24.4 Å². The molecule has 4 nitrogen and oxygen atoms in total. The summed E-state index contributed by atoms with van der Waals surface area (Å²) in [6.07, 6.45) is 11.9. The molecule has 0 bridgehead atoms. The molecule has 136 valence electrons. The minimum Gasteiger partial charge on any atom is -0.342 e. The maximum atomic E-state index is 13.3. The van der Waals surface area contributed by atoms with E-state index in [0.717, 1.165) is 57.2 Å². The molecule has 0 N–H and O–H groups in total.